The van der Waals surface area contributed by atoms with Crippen LogP contribution in [0.1, 0.15) is 170 Å². The molecule has 3 aromatic heterocycles. The van der Waals surface area contributed by atoms with Gasteiger partial charge in [-0.05, 0) is 151 Å². The highest BCUT2D eigenvalue weighted by Gasteiger charge is 2.48. The molecule has 27 heteroatoms. The summed E-state index contributed by atoms with van der Waals surface area (Å²) in [6.45, 7) is 31.4. The minimum absolute atomic E-state index is 0.0245. The van der Waals surface area contributed by atoms with E-state index in [1.807, 2.05) is 177 Å². The Kier molecular flexibility index (Phi) is 29.8. The number of carbonyl (C=O) groups excluding carboxylic acids is 3. The third kappa shape index (κ3) is 22.2. The zero-order chi connectivity index (χ0) is 81.5. The van der Waals surface area contributed by atoms with Crippen LogP contribution in [0.5, 0.6) is 0 Å². The predicted octanol–water partition coefficient (Wildman–Crippen LogP) is 11.1. The van der Waals surface area contributed by atoms with E-state index in [1.54, 1.807) is 0 Å². The van der Waals surface area contributed by atoms with E-state index in [-0.39, 0.29) is 125 Å². The average molecular weight is 1550 g/mol. The molecule has 113 heavy (non-hydrogen) atoms. The van der Waals surface area contributed by atoms with Crippen LogP contribution in [0.15, 0.2) is 160 Å². The fraction of sp³-hybridized carbons (Fsp3) is 0.477. The van der Waals surface area contributed by atoms with Gasteiger partial charge < -0.3 is 75.8 Å². The van der Waals surface area contributed by atoms with E-state index in [0.29, 0.717) is 52.3 Å². The normalized spacial score (nSPS) is 21.5. The topological polar surface area (TPSA) is 353 Å². The van der Waals surface area contributed by atoms with E-state index in [4.69, 9.17) is 59.8 Å². The summed E-state index contributed by atoms with van der Waals surface area (Å²) in [5, 5.41) is 15.5. The molecule has 27 nitrogen and oxygen atoms in total. The molecule has 6 heterocycles. The van der Waals surface area contributed by atoms with E-state index in [0.717, 1.165) is 43.6 Å². The van der Waals surface area contributed by atoms with Crippen molar-refractivity contribution in [2.45, 2.75) is 215 Å². The van der Waals surface area contributed by atoms with E-state index in [9.17, 15) is 28.8 Å². The summed E-state index contributed by atoms with van der Waals surface area (Å²) >= 11 is 0. The number of rotatable bonds is 29. The van der Waals surface area contributed by atoms with Gasteiger partial charge in [-0.15, -0.1) is 0 Å². The summed E-state index contributed by atoms with van der Waals surface area (Å²) in [6.07, 6.45) is 1.56. The van der Waals surface area contributed by atoms with Gasteiger partial charge in [0.2, 0.25) is 0 Å². The van der Waals surface area contributed by atoms with Gasteiger partial charge in [0.05, 0.1) is 91.4 Å². The van der Waals surface area contributed by atoms with E-state index in [1.165, 1.54) is 37.7 Å². The number of hydrogen-bond acceptors (Lipinski definition) is 21. The Hall–Kier alpha value is -9.81. The smallest absolute Gasteiger partial charge is 0.351 e. The molecule has 0 aliphatic carbocycles. The number of nitrogens with one attached hydrogen (secondary N) is 3. The number of amides is 3. The second-order valence-corrected chi connectivity index (χ2v) is 30.8. The van der Waals surface area contributed by atoms with Crippen LogP contribution < -0.4 is 50.2 Å². The summed E-state index contributed by atoms with van der Waals surface area (Å²) in [5.41, 5.74) is 19.8. The average Bonchev–Trinajstić information content (AvgIpc) is 1.66. The number of nitrogens with zero attached hydrogens (tertiary/aromatic N) is 6. The summed E-state index contributed by atoms with van der Waals surface area (Å²) in [6, 6.07) is 42.7. The summed E-state index contributed by atoms with van der Waals surface area (Å²) < 4.78 is 58.6. The minimum atomic E-state index is -0.683. The molecule has 0 saturated carbocycles. The van der Waals surface area contributed by atoms with Crippen molar-refractivity contribution in [3.8, 4) is 0 Å². The molecule has 0 radical (unpaired) electrons. The Bertz CT molecular complexity index is 4900. The molecular weight excluding hydrogens is 1440 g/mol. The summed E-state index contributed by atoms with van der Waals surface area (Å²) in [4.78, 5) is 89.6. The van der Waals surface area contributed by atoms with Crippen LogP contribution in [0.2, 0.25) is 0 Å². The van der Waals surface area contributed by atoms with Gasteiger partial charge >= 0.3 is 17.1 Å². The van der Waals surface area contributed by atoms with Gasteiger partial charge in [-0.3, -0.25) is 28.1 Å². The maximum absolute atomic E-state index is 13.1. The standard InChI is InChI=1S/2C29H38N4O5.C28H36N4O5/c1-17(2)36-16-24-25(37-18(3)4)19(5)28(38-24)33-15-23(26(30)32-29(33)35)27(34)31-14-13-21-11-8-10-20-9-6-7-12-22(20)21;1-17(2)36-16-24-25(37-18(3)4)19(5)28(38-24)33-15-23(26(30)32-29(33)35)27(34)31-13-12-20-10-11-21-8-6-7-9-22(21)14-20;1-16(2)35-15-23-24(36-17(3)4)18(5)27(37-23)32-14-22(25(29)31-28(32)34)26(33)30-13-19-10-11-20-8-6-7-9-21(20)12-19/h6-12,15,17-19,24-25,28H,13-14,16H2,1-5H3,(H,31,34)(H2,30,32,35);6-11,14-15,17-19,24-25,28H,12-13,16H2,1-5H3,(H,31,34)(H2,30,32,35);6-12,14,16-18,23-24,27H,13,15H2,1-5H3,(H,30,33)(H2,29,31,34)/t2*19?,24-,25-,28-;18?,23-,24-,27-/m111/s1. The van der Waals surface area contributed by atoms with Gasteiger partial charge in [0.25, 0.3) is 17.7 Å². The lowest BCUT2D eigenvalue weighted by molar-refractivity contribution is -0.0966. The van der Waals surface area contributed by atoms with Crippen molar-refractivity contribution in [2.75, 3.05) is 50.1 Å². The lowest BCUT2D eigenvalue weighted by Gasteiger charge is -2.24. The zero-order valence-corrected chi connectivity index (χ0v) is 67.4. The third-order valence-electron chi connectivity index (χ3n) is 19.9. The minimum Gasteiger partial charge on any atom is -0.383 e. The maximum Gasteiger partial charge on any atom is 0.351 e. The molecule has 0 bridgehead atoms. The molecule has 3 aliphatic rings. The molecule has 606 valence electrons. The maximum atomic E-state index is 13.1. The van der Waals surface area contributed by atoms with Crippen LogP contribution >= 0.6 is 0 Å². The quantitative estimate of drug-likeness (QED) is 0.0254. The van der Waals surface area contributed by atoms with Crippen molar-refractivity contribution in [1.29, 1.82) is 0 Å². The second-order valence-electron chi connectivity index (χ2n) is 30.8. The van der Waals surface area contributed by atoms with Crippen molar-refractivity contribution in [2.24, 2.45) is 17.8 Å². The van der Waals surface area contributed by atoms with Gasteiger partial charge in [-0.2, -0.15) is 15.0 Å². The zero-order valence-electron chi connectivity index (χ0n) is 67.4. The number of fused-ring (bicyclic) bond motifs is 3. The summed E-state index contributed by atoms with van der Waals surface area (Å²) in [5.74, 6) is -2.16. The van der Waals surface area contributed by atoms with Crippen molar-refractivity contribution in [3.05, 3.63) is 211 Å². The van der Waals surface area contributed by atoms with Gasteiger partial charge in [-0.1, -0.05) is 142 Å². The molecule has 0 spiro atoms. The molecule has 3 saturated heterocycles. The van der Waals surface area contributed by atoms with Crippen LogP contribution in [0.25, 0.3) is 32.3 Å². The molecule has 3 amide bonds. The van der Waals surface area contributed by atoms with Crippen LogP contribution in [0.4, 0.5) is 17.5 Å². The first kappa shape index (κ1) is 85.6. The first-order valence-electron chi connectivity index (χ1n) is 39.1. The van der Waals surface area contributed by atoms with Crippen LogP contribution in [-0.4, -0.2) is 153 Å². The van der Waals surface area contributed by atoms with Crippen LogP contribution in [-0.2, 0) is 62.0 Å². The molecule has 9 aromatic rings. The molecular formula is C86H112N12O15. The number of nitrogen functional groups attached to an aromatic ring is 3. The lowest BCUT2D eigenvalue weighted by atomic mass is 10.0. The van der Waals surface area contributed by atoms with Gasteiger partial charge in [0, 0.05) is 56.0 Å². The highest BCUT2D eigenvalue weighted by atomic mass is 16.6. The largest absolute Gasteiger partial charge is 0.383 e. The number of carbonyl (C=O) groups is 3. The number of benzene rings is 6. The predicted molar refractivity (Wildman–Crippen MR) is 436 cm³/mol. The van der Waals surface area contributed by atoms with Crippen molar-refractivity contribution >= 4 is 67.5 Å². The Morgan fingerprint density at radius 3 is 1.13 bits per heavy atom. The first-order valence-corrected chi connectivity index (χ1v) is 39.1. The lowest BCUT2D eigenvalue weighted by Crippen LogP contribution is -2.36. The number of anilines is 3. The van der Waals surface area contributed by atoms with E-state index < -0.39 is 53.5 Å². The fourth-order valence-electron chi connectivity index (χ4n) is 14.3. The van der Waals surface area contributed by atoms with Crippen LogP contribution in [0, 0.1) is 17.8 Å². The Morgan fingerprint density at radius 1 is 0.407 bits per heavy atom. The van der Waals surface area contributed by atoms with E-state index >= 15 is 0 Å². The monoisotopic (exact) mass is 1550 g/mol. The fourth-order valence-corrected chi connectivity index (χ4v) is 14.3. The second kappa shape index (κ2) is 39.3. The Balaban J connectivity index is 0.000000180. The summed E-state index contributed by atoms with van der Waals surface area (Å²) in [7, 11) is 0. The van der Waals surface area contributed by atoms with Crippen molar-refractivity contribution < 1.29 is 57.0 Å². The molecule has 9 N–H and O–H groups in total. The number of ether oxygens (including phenoxy) is 9. The number of aromatic nitrogens is 6. The van der Waals surface area contributed by atoms with Crippen molar-refractivity contribution in [3.63, 3.8) is 0 Å². The van der Waals surface area contributed by atoms with Crippen LogP contribution in [0.3, 0.4) is 0 Å². The Morgan fingerprint density at radius 2 is 0.743 bits per heavy atom. The van der Waals surface area contributed by atoms with Gasteiger partial charge in [0.1, 0.15) is 54.4 Å². The molecule has 6 aromatic carbocycles. The molecule has 3 fully saturated rings. The molecule has 12 rings (SSSR count). The van der Waals surface area contributed by atoms with Gasteiger partial charge in [0.15, 0.2) is 0 Å². The van der Waals surface area contributed by atoms with Gasteiger partial charge in [-0.25, -0.2) is 14.4 Å². The number of hydrogen-bond donors (Lipinski definition) is 6. The highest BCUT2D eigenvalue weighted by Crippen LogP contribution is 2.40. The molecule has 3 aliphatic heterocycles. The Labute approximate surface area is 659 Å². The number of nitrogens with two attached hydrogens (primary N) is 3. The molecule has 12 atom stereocenters. The third-order valence-corrected chi connectivity index (χ3v) is 19.9. The first-order chi connectivity index (χ1) is 53.9. The SMILES string of the molecule is CC(C)OC[C@H]1O[C@@H](n2cc(C(=O)NCCc3ccc4ccccc4c3)c(N)nc2=O)C(C)[C@H]1OC(C)C.CC(C)OC[C@H]1O[C@@H](n2cc(C(=O)NCCc3cccc4ccccc34)c(N)nc2=O)C(C)[C@H]1OC(C)C.CC(C)OC[C@H]1O[C@@H](n2cc(C(=O)NCc3ccc4ccccc4c3)c(N)nc2=O)C(C)[C@H]1OC(C)C. The van der Waals surface area contributed by atoms with Crippen molar-refractivity contribution in [1.82, 2.24) is 44.6 Å². The van der Waals surface area contributed by atoms with E-state index in [2.05, 4.69) is 85.5 Å². The molecule has 3 unspecified atom stereocenters. The highest BCUT2D eigenvalue weighted by molar-refractivity contribution is 5.99.